The normalized spacial score (nSPS) is 13.4. The molecule has 106 valence electrons. The summed E-state index contributed by atoms with van der Waals surface area (Å²) in [5.41, 5.74) is 10.3. The summed E-state index contributed by atoms with van der Waals surface area (Å²) < 4.78 is 7.93. The molecule has 4 heteroatoms. The van der Waals surface area contributed by atoms with Crippen LogP contribution in [0.25, 0.3) is 11.0 Å². The Balaban J connectivity index is 1.77. The molecule has 0 unspecified atom stereocenters. The van der Waals surface area contributed by atoms with Gasteiger partial charge in [0.2, 0.25) is 5.76 Å². The van der Waals surface area contributed by atoms with E-state index in [9.17, 15) is 0 Å². The fourth-order valence-corrected chi connectivity index (χ4v) is 2.94. The number of nitrogens with two attached hydrogens (primary N) is 1. The van der Waals surface area contributed by atoms with E-state index >= 15 is 0 Å². The van der Waals surface area contributed by atoms with Crippen molar-refractivity contribution in [3.05, 3.63) is 65.4 Å². The van der Waals surface area contributed by atoms with Crippen LogP contribution in [0, 0.1) is 11.3 Å². The second kappa shape index (κ2) is 4.74. The van der Waals surface area contributed by atoms with Crippen molar-refractivity contribution >= 4 is 22.5 Å². The molecule has 0 aliphatic carbocycles. The van der Waals surface area contributed by atoms with Crippen molar-refractivity contribution in [3.8, 4) is 6.07 Å². The van der Waals surface area contributed by atoms with Gasteiger partial charge in [-0.3, -0.25) is 5.73 Å². The molecule has 1 aliphatic rings. The Morgan fingerprint density at radius 1 is 1.14 bits per heavy atom. The molecule has 0 radical (unpaired) electrons. The molecule has 3 aromatic rings. The third kappa shape index (κ3) is 1.80. The average Bonchev–Trinajstić information content (AvgIpc) is 3.06. The summed E-state index contributed by atoms with van der Waals surface area (Å²) >= 11 is 0. The SMILES string of the molecule is N#CCc1ccc([N+]2=C(N)c3oc4ccccc4c3C2)cc1. The number of fused-ring (bicyclic) bond motifs is 3. The van der Waals surface area contributed by atoms with Crippen LogP contribution < -0.4 is 5.73 Å². The lowest BCUT2D eigenvalue weighted by Gasteiger charge is -2.04. The van der Waals surface area contributed by atoms with Crippen molar-refractivity contribution in [1.29, 1.82) is 5.26 Å². The van der Waals surface area contributed by atoms with Gasteiger partial charge in [0.1, 0.15) is 17.8 Å². The summed E-state index contributed by atoms with van der Waals surface area (Å²) in [6, 6.07) is 18.1. The highest BCUT2D eigenvalue weighted by Gasteiger charge is 2.32. The maximum atomic E-state index is 8.74. The Morgan fingerprint density at radius 3 is 2.68 bits per heavy atom. The van der Waals surface area contributed by atoms with Crippen LogP contribution in [0.2, 0.25) is 0 Å². The molecule has 2 N–H and O–H groups in total. The van der Waals surface area contributed by atoms with Crippen LogP contribution >= 0.6 is 0 Å². The zero-order valence-corrected chi connectivity index (χ0v) is 11.9. The van der Waals surface area contributed by atoms with Gasteiger partial charge in [0, 0.05) is 5.39 Å². The van der Waals surface area contributed by atoms with Crippen molar-refractivity contribution in [2.45, 2.75) is 13.0 Å². The van der Waals surface area contributed by atoms with Crippen molar-refractivity contribution in [2.24, 2.45) is 5.73 Å². The third-order valence-electron chi connectivity index (χ3n) is 4.07. The van der Waals surface area contributed by atoms with E-state index in [0.29, 0.717) is 18.8 Å². The summed E-state index contributed by atoms with van der Waals surface area (Å²) in [4.78, 5) is 0. The Labute approximate surface area is 127 Å². The maximum Gasteiger partial charge on any atom is 0.317 e. The Kier molecular flexibility index (Phi) is 2.73. The van der Waals surface area contributed by atoms with Crippen LogP contribution in [0.1, 0.15) is 16.9 Å². The molecule has 22 heavy (non-hydrogen) atoms. The summed E-state index contributed by atoms with van der Waals surface area (Å²) in [6.45, 7) is 0.704. The number of para-hydroxylation sites is 1. The van der Waals surface area contributed by atoms with Gasteiger partial charge in [-0.1, -0.05) is 30.3 Å². The Bertz CT molecular complexity index is 943. The molecule has 2 heterocycles. The zero-order chi connectivity index (χ0) is 15.1. The number of hydrogen-bond acceptors (Lipinski definition) is 3. The van der Waals surface area contributed by atoms with Crippen LogP contribution in [0.5, 0.6) is 0 Å². The second-order valence-electron chi connectivity index (χ2n) is 5.38. The molecule has 4 nitrogen and oxygen atoms in total. The monoisotopic (exact) mass is 288 g/mol. The van der Waals surface area contributed by atoms with Crippen LogP contribution in [0.3, 0.4) is 0 Å². The van der Waals surface area contributed by atoms with E-state index in [2.05, 4.69) is 12.1 Å². The molecule has 0 fully saturated rings. The van der Waals surface area contributed by atoms with Crippen LogP contribution in [-0.2, 0) is 13.0 Å². The minimum absolute atomic E-state index is 0.421. The lowest BCUT2D eigenvalue weighted by atomic mass is 10.1. The minimum atomic E-state index is 0.421. The van der Waals surface area contributed by atoms with Crippen molar-refractivity contribution in [1.82, 2.24) is 0 Å². The summed E-state index contributed by atoms with van der Waals surface area (Å²) in [6.07, 6.45) is 0.421. The molecule has 0 bridgehead atoms. The van der Waals surface area contributed by atoms with Gasteiger partial charge in [-0.2, -0.15) is 5.26 Å². The standard InChI is InChI=1S/C18H13N3O/c19-10-9-12-5-7-13(8-6-12)21-11-15-14-3-1-2-4-16(14)22-17(15)18(21)20/h1-8,20H,9,11H2/p+1. The quantitative estimate of drug-likeness (QED) is 0.737. The van der Waals surface area contributed by atoms with E-state index in [1.807, 2.05) is 47.0 Å². The summed E-state index contributed by atoms with van der Waals surface area (Å²) in [5.74, 6) is 1.40. The first kappa shape index (κ1) is 12.7. The van der Waals surface area contributed by atoms with Crippen LogP contribution in [0.15, 0.2) is 52.9 Å². The first-order valence-corrected chi connectivity index (χ1v) is 7.14. The number of furan rings is 1. The molecule has 0 atom stereocenters. The summed E-state index contributed by atoms with van der Waals surface area (Å²) in [7, 11) is 0. The Hall–Kier alpha value is -3.06. The molecule has 0 saturated heterocycles. The molecular weight excluding hydrogens is 274 g/mol. The van der Waals surface area contributed by atoms with E-state index < -0.39 is 0 Å². The number of nitrogens with zero attached hydrogens (tertiary/aromatic N) is 2. The van der Waals surface area contributed by atoms with Gasteiger partial charge < -0.3 is 4.42 Å². The number of nitriles is 1. The molecule has 0 saturated carbocycles. The van der Waals surface area contributed by atoms with Crippen molar-refractivity contribution in [2.75, 3.05) is 0 Å². The molecular formula is C18H14N3O+. The van der Waals surface area contributed by atoms with Gasteiger partial charge >= 0.3 is 5.84 Å². The largest absolute Gasteiger partial charge is 0.448 e. The van der Waals surface area contributed by atoms with Gasteiger partial charge in [-0.15, -0.1) is 0 Å². The number of hydrogen-bond donors (Lipinski definition) is 1. The average molecular weight is 288 g/mol. The molecule has 0 spiro atoms. The van der Waals surface area contributed by atoms with Crippen molar-refractivity contribution in [3.63, 3.8) is 0 Å². The highest BCUT2D eigenvalue weighted by molar-refractivity contribution is 6.00. The van der Waals surface area contributed by atoms with Crippen LogP contribution in [0.4, 0.5) is 5.69 Å². The lowest BCUT2D eigenvalue weighted by molar-refractivity contribution is -0.453. The molecule has 1 aromatic heterocycles. The van der Waals surface area contributed by atoms with E-state index in [-0.39, 0.29) is 0 Å². The predicted octanol–water partition coefficient (Wildman–Crippen LogP) is 3.06. The van der Waals surface area contributed by atoms with Gasteiger partial charge in [-0.25, -0.2) is 4.58 Å². The number of amidine groups is 1. The smallest absolute Gasteiger partial charge is 0.317 e. The van der Waals surface area contributed by atoms with E-state index in [1.54, 1.807) is 0 Å². The zero-order valence-electron chi connectivity index (χ0n) is 11.9. The molecule has 2 aromatic carbocycles. The van der Waals surface area contributed by atoms with Gasteiger partial charge in [-0.05, 0) is 23.8 Å². The molecule has 1 aliphatic heterocycles. The Morgan fingerprint density at radius 2 is 1.91 bits per heavy atom. The lowest BCUT2D eigenvalue weighted by Crippen LogP contribution is -2.19. The molecule has 4 rings (SSSR count). The topological polar surface area (TPSA) is 66.0 Å². The van der Waals surface area contributed by atoms with Gasteiger partial charge in [0.15, 0.2) is 0 Å². The minimum Gasteiger partial charge on any atom is -0.448 e. The number of rotatable bonds is 2. The fourth-order valence-electron chi connectivity index (χ4n) is 2.94. The second-order valence-corrected chi connectivity index (χ2v) is 5.38. The highest BCUT2D eigenvalue weighted by Crippen LogP contribution is 2.32. The first-order valence-electron chi connectivity index (χ1n) is 7.14. The van der Waals surface area contributed by atoms with Gasteiger partial charge in [0.25, 0.3) is 0 Å². The van der Waals surface area contributed by atoms with E-state index in [4.69, 9.17) is 15.4 Å². The van der Waals surface area contributed by atoms with E-state index in [0.717, 1.165) is 33.5 Å². The predicted molar refractivity (Wildman–Crippen MR) is 83.9 cm³/mol. The highest BCUT2D eigenvalue weighted by atomic mass is 16.3. The van der Waals surface area contributed by atoms with Crippen LogP contribution in [-0.4, -0.2) is 10.4 Å². The van der Waals surface area contributed by atoms with E-state index in [1.165, 1.54) is 0 Å². The fraction of sp³-hybridized carbons (Fsp3) is 0.111. The third-order valence-corrected chi connectivity index (χ3v) is 4.07. The number of benzene rings is 2. The van der Waals surface area contributed by atoms with Gasteiger partial charge in [0.05, 0.1) is 18.1 Å². The maximum absolute atomic E-state index is 8.74. The first-order chi connectivity index (χ1) is 10.8. The summed E-state index contributed by atoms with van der Waals surface area (Å²) in [5, 5.41) is 9.85. The molecule has 0 amide bonds. The van der Waals surface area contributed by atoms with Crippen molar-refractivity contribution < 1.29 is 8.99 Å².